The Kier molecular flexibility index (Phi) is 5.11. The maximum absolute atomic E-state index is 13.1. The minimum Gasteiger partial charge on any atom is -0.325 e. The zero-order valence-electron chi connectivity index (χ0n) is 12.8. The van der Waals surface area contributed by atoms with E-state index in [1.807, 2.05) is 30.5 Å². The molecule has 1 saturated heterocycles. The molecule has 0 aliphatic carbocycles. The number of alkyl halides is 2. The molecular weight excluding hydrogens is 332 g/mol. The number of hydrogen-bond acceptors (Lipinski definition) is 4. The summed E-state index contributed by atoms with van der Waals surface area (Å²) in [5.74, 6) is -2.43. The van der Waals surface area contributed by atoms with Gasteiger partial charge in [-0.05, 0) is 35.9 Å². The Balaban J connectivity index is 1.52. The first kappa shape index (κ1) is 16.9. The Morgan fingerprint density at radius 3 is 2.75 bits per heavy atom. The van der Waals surface area contributed by atoms with Crippen LogP contribution in [0.15, 0.2) is 53.7 Å². The fourth-order valence-corrected chi connectivity index (χ4v) is 3.25. The monoisotopic (exact) mass is 349 g/mol. The number of pyridine rings is 1. The number of halogens is 2. The van der Waals surface area contributed by atoms with Crippen LogP contribution < -0.4 is 10.6 Å². The number of aromatic nitrogens is 1. The molecular formula is C17H17F2N3OS. The van der Waals surface area contributed by atoms with Crippen LogP contribution in [0.3, 0.4) is 0 Å². The number of amides is 1. The highest BCUT2D eigenvalue weighted by atomic mass is 32.2. The minimum absolute atomic E-state index is 0.428. The van der Waals surface area contributed by atoms with Crippen LogP contribution in [0.5, 0.6) is 0 Å². The second-order valence-corrected chi connectivity index (χ2v) is 6.71. The van der Waals surface area contributed by atoms with E-state index < -0.39 is 30.8 Å². The maximum atomic E-state index is 13.1. The SMILES string of the molecule is O=C(Nc1ccc(SCc2cccnc2)cc1)C1CC(F)(F)CN1. The topological polar surface area (TPSA) is 54.0 Å². The molecule has 4 nitrogen and oxygen atoms in total. The first-order valence-corrected chi connectivity index (χ1v) is 8.54. The molecule has 0 radical (unpaired) electrons. The van der Waals surface area contributed by atoms with E-state index in [4.69, 9.17) is 0 Å². The third-order valence-corrected chi connectivity index (χ3v) is 4.76. The highest BCUT2D eigenvalue weighted by Gasteiger charge is 2.42. The molecule has 1 aliphatic heterocycles. The van der Waals surface area contributed by atoms with Crippen LogP contribution in [0.1, 0.15) is 12.0 Å². The number of thioether (sulfide) groups is 1. The largest absolute Gasteiger partial charge is 0.325 e. The number of carbonyl (C=O) groups excluding carboxylic acids is 1. The summed E-state index contributed by atoms with van der Waals surface area (Å²) < 4.78 is 26.2. The van der Waals surface area contributed by atoms with E-state index in [1.165, 1.54) is 0 Å². The van der Waals surface area contributed by atoms with Crippen LogP contribution in [-0.4, -0.2) is 29.4 Å². The van der Waals surface area contributed by atoms with Crippen LogP contribution >= 0.6 is 11.8 Å². The van der Waals surface area contributed by atoms with Crippen molar-refractivity contribution in [1.82, 2.24) is 10.3 Å². The smallest absolute Gasteiger partial charge is 0.262 e. The Morgan fingerprint density at radius 1 is 1.33 bits per heavy atom. The summed E-state index contributed by atoms with van der Waals surface area (Å²) in [5.41, 5.74) is 1.73. The molecule has 1 aliphatic rings. The molecule has 7 heteroatoms. The van der Waals surface area contributed by atoms with E-state index in [1.54, 1.807) is 30.1 Å². The molecule has 1 atom stereocenters. The molecule has 2 N–H and O–H groups in total. The van der Waals surface area contributed by atoms with Gasteiger partial charge in [0, 0.05) is 35.2 Å². The van der Waals surface area contributed by atoms with E-state index in [0.29, 0.717) is 5.69 Å². The Morgan fingerprint density at radius 2 is 2.12 bits per heavy atom. The number of nitrogens with one attached hydrogen (secondary N) is 2. The average Bonchev–Trinajstić information content (AvgIpc) is 2.95. The van der Waals surface area contributed by atoms with Gasteiger partial charge in [-0.3, -0.25) is 15.1 Å². The van der Waals surface area contributed by atoms with Crippen molar-refractivity contribution in [1.29, 1.82) is 0 Å². The lowest BCUT2D eigenvalue weighted by atomic mass is 10.2. The van der Waals surface area contributed by atoms with Gasteiger partial charge >= 0.3 is 0 Å². The third-order valence-electron chi connectivity index (χ3n) is 3.68. The van der Waals surface area contributed by atoms with Crippen molar-refractivity contribution in [2.75, 3.05) is 11.9 Å². The lowest BCUT2D eigenvalue weighted by molar-refractivity contribution is -0.118. The Hall–Kier alpha value is -1.99. The zero-order valence-corrected chi connectivity index (χ0v) is 13.7. The second kappa shape index (κ2) is 7.27. The second-order valence-electron chi connectivity index (χ2n) is 5.66. The standard InChI is InChI=1S/C17H17F2N3OS/c18-17(19)8-15(21-11-17)16(23)22-13-3-5-14(6-4-13)24-10-12-2-1-7-20-9-12/h1-7,9,15,21H,8,10-11H2,(H,22,23). The van der Waals surface area contributed by atoms with Gasteiger partial charge in [-0.25, -0.2) is 8.78 Å². The van der Waals surface area contributed by atoms with Crippen molar-refractivity contribution >= 4 is 23.4 Å². The van der Waals surface area contributed by atoms with Crippen molar-refractivity contribution in [2.24, 2.45) is 0 Å². The number of carbonyl (C=O) groups is 1. The Labute approximate surface area is 143 Å². The molecule has 126 valence electrons. The molecule has 24 heavy (non-hydrogen) atoms. The number of benzene rings is 1. The van der Waals surface area contributed by atoms with Crippen LogP contribution in [0.2, 0.25) is 0 Å². The van der Waals surface area contributed by atoms with E-state index in [2.05, 4.69) is 15.6 Å². The molecule has 2 heterocycles. The molecule has 3 rings (SSSR count). The summed E-state index contributed by atoms with van der Waals surface area (Å²) in [6.45, 7) is -0.449. The molecule has 1 amide bonds. The number of rotatable bonds is 5. The van der Waals surface area contributed by atoms with Crippen molar-refractivity contribution in [2.45, 2.75) is 29.0 Å². The average molecular weight is 349 g/mol. The fraction of sp³-hybridized carbons (Fsp3) is 0.294. The van der Waals surface area contributed by atoms with E-state index >= 15 is 0 Å². The van der Waals surface area contributed by atoms with Crippen molar-refractivity contribution in [3.8, 4) is 0 Å². The van der Waals surface area contributed by atoms with Crippen molar-refractivity contribution in [3.05, 3.63) is 54.4 Å². The number of anilines is 1. The molecule has 0 spiro atoms. The minimum atomic E-state index is -2.81. The van der Waals surface area contributed by atoms with E-state index in [-0.39, 0.29) is 0 Å². The van der Waals surface area contributed by atoms with Gasteiger partial charge < -0.3 is 5.32 Å². The molecule has 0 bridgehead atoms. The summed E-state index contributed by atoms with van der Waals surface area (Å²) in [5, 5.41) is 5.21. The van der Waals surface area contributed by atoms with Crippen molar-refractivity contribution < 1.29 is 13.6 Å². The Bertz CT molecular complexity index is 695. The number of nitrogens with zero attached hydrogens (tertiary/aromatic N) is 1. The summed E-state index contributed by atoms with van der Waals surface area (Å²) in [6, 6.07) is 10.4. The van der Waals surface area contributed by atoms with E-state index in [0.717, 1.165) is 16.2 Å². The van der Waals surface area contributed by atoms with E-state index in [9.17, 15) is 13.6 Å². The lowest BCUT2D eigenvalue weighted by Gasteiger charge is -2.11. The van der Waals surface area contributed by atoms with Gasteiger partial charge in [-0.1, -0.05) is 6.07 Å². The fourth-order valence-electron chi connectivity index (χ4n) is 2.41. The first-order valence-electron chi connectivity index (χ1n) is 7.56. The maximum Gasteiger partial charge on any atom is 0.262 e. The highest BCUT2D eigenvalue weighted by Crippen LogP contribution is 2.27. The summed E-state index contributed by atoms with van der Waals surface area (Å²) in [4.78, 5) is 17.1. The lowest BCUT2D eigenvalue weighted by Crippen LogP contribution is -2.35. The zero-order chi connectivity index (χ0) is 17.0. The normalized spacial score (nSPS) is 19.2. The van der Waals surface area contributed by atoms with Crippen molar-refractivity contribution in [3.63, 3.8) is 0 Å². The molecule has 0 saturated carbocycles. The van der Waals surface area contributed by atoms with Gasteiger partial charge in [-0.2, -0.15) is 0 Å². The quantitative estimate of drug-likeness (QED) is 0.813. The third kappa shape index (κ3) is 4.52. The van der Waals surface area contributed by atoms with Gasteiger partial charge in [-0.15, -0.1) is 11.8 Å². The summed E-state index contributed by atoms with van der Waals surface area (Å²) in [6.07, 6.45) is 3.10. The molecule has 1 fully saturated rings. The number of hydrogen-bond donors (Lipinski definition) is 2. The summed E-state index contributed by atoms with van der Waals surface area (Å²) >= 11 is 1.66. The first-order chi connectivity index (χ1) is 11.5. The van der Waals surface area contributed by atoms with Gasteiger partial charge in [0.15, 0.2) is 0 Å². The van der Waals surface area contributed by atoms with Crippen LogP contribution in [-0.2, 0) is 10.5 Å². The van der Waals surface area contributed by atoms with Gasteiger partial charge in [0.1, 0.15) is 0 Å². The molecule has 2 aromatic rings. The van der Waals surface area contributed by atoms with Crippen LogP contribution in [0.4, 0.5) is 14.5 Å². The molecule has 1 unspecified atom stereocenters. The molecule has 1 aromatic carbocycles. The van der Waals surface area contributed by atoms with Gasteiger partial charge in [0.2, 0.25) is 5.91 Å². The molecule has 1 aromatic heterocycles. The summed E-state index contributed by atoms with van der Waals surface area (Å²) in [7, 11) is 0. The van der Waals surface area contributed by atoms with Crippen LogP contribution in [0.25, 0.3) is 0 Å². The predicted molar refractivity (Wildman–Crippen MR) is 90.2 cm³/mol. The predicted octanol–water partition coefficient (Wildman–Crippen LogP) is 3.31. The van der Waals surface area contributed by atoms with Crippen LogP contribution in [0, 0.1) is 0 Å². The highest BCUT2D eigenvalue weighted by molar-refractivity contribution is 7.98. The van der Waals surface area contributed by atoms with Gasteiger partial charge in [0.05, 0.1) is 12.6 Å². The van der Waals surface area contributed by atoms with Gasteiger partial charge in [0.25, 0.3) is 5.92 Å².